The van der Waals surface area contributed by atoms with Gasteiger partial charge in [-0.2, -0.15) is 0 Å². The summed E-state index contributed by atoms with van der Waals surface area (Å²) in [7, 11) is 1.42. The first-order valence-electron chi connectivity index (χ1n) is 8.32. The number of oxime groups is 1. The van der Waals surface area contributed by atoms with Gasteiger partial charge in [-0.05, 0) is 0 Å². The number of nitrogens with one attached hydrogen (secondary N) is 1. The van der Waals surface area contributed by atoms with E-state index < -0.39 is 36.4 Å². The minimum Gasteiger partial charge on any atom is -0.499 e. The van der Waals surface area contributed by atoms with Gasteiger partial charge < -0.3 is 20.4 Å². The maximum atomic E-state index is 12.6. The molecule has 0 radical (unpaired) electrons. The number of nitrogens with zero attached hydrogens (tertiary/aromatic N) is 4. The van der Waals surface area contributed by atoms with Crippen LogP contribution in [0.1, 0.15) is 15.5 Å². The number of rotatable bonds is 7. The van der Waals surface area contributed by atoms with E-state index in [2.05, 4.69) is 20.4 Å². The molecule has 0 bridgehead atoms. The van der Waals surface area contributed by atoms with Crippen molar-refractivity contribution in [2.75, 3.05) is 26.0 Å². The number of thiazole rings is 1. The number of hydrogen-bond donors (Lipinski definition) is 3. The number of aliphatic hydroxyl groups excluding tert-OH is 1. The van der Waals surface area contributed by atoms with Crippen LogP contribution < -0.4 is 5.32 Å². The van der Waals surface area contributed by atoms with Gasteiger partial charge >= 0.3 is 0 Å². The average Bonchev–Trinajstić information content (AvgIpc) is 3.45. The van der Waals surface area contributed by atoms with Gasteiger partial charge in [0, 0.05) is 17.2 Å². The van der Waals surface area contributed by atoms with Crippen LogP contribution in [0.15, 0.2) is 27.4 Å². The molecule has 29 heavy (non-hydrogen) atoms. The first-order chi connectivity index (χ1) is 14.0. The fourth-order valence-corrected chi connectivity index (χ4v) is 4.35. The molecule has 2 atom stereocenters. The smallest absolute Gasteiger partial charge is 0.271 e. The molecule has 13 heteroatoms. The maximum absolute atomic E-state index is 12.6. The maximum Gasteiger partial charge on any atom is 0.271 e. The van der Waals surface area contributed by atoms with Gasteiger partial charge in [-0.1, -0.05) is 5.16 Å². The lowest BCUT2D eigenvalue weighted by Gasteiger charge is -2.17. The van der Waals surface area contributed by atoms with Gasteiger partial charge in [0.25, 0.3) is 17.7 Å². The molecule has 0 unspecified atom stereocenters. The SMILES string of the molecule is COC1=CC(=O)N(C(=O)[C@@H]2CSC([C@@H](CO)NC(=O)c3csc(/C=N\O)n3)=N2)C1. The highest BCUT2D eigenvalue weighted by Gasteiger charge is 2.37. The van der Waals surface area contributed by atoms with Gasteiger partial charge in [0.05, 0.1) is 25.3 Å². The molecule has 11 nitrogen and oxygen atoms in total. The van der Waals surface area contributed by atoms with Crippen molar-refractivity contribution in [2.45, 2.75) is 12.1 Å². The van der Waals surface area contributed by atoms with Gasteiger partial charge in [-0.3, -0.25) is 24.3 Å². The number of aliphatic imine (C=N–C) groups is 1. The van der Waals surface area contributed by atoms with Crippen molar-refractivity contribution in [3.63, 3.8) is 0 Å². The molecule has 154 valence electrons. The summed E-state index contributed by atoms with van der Waals surface area (Å²) in [6.45, 7) is -0.366. The molecular formula is C16H17N5O6S2. The monoisotopic (exact) mass is 439 g/mol. The van der Waals surface area contributed by atoms with Crippen LogP contribution in [0.4, 0.5) is 0 Å². The van der Waals surface area contributed by atoms with E-state index in [9.17, 15) is 19.5 Å². The van der Waals surface area contributed by atoms with Crippen LogP contribution in [0.25, 0.3) is 0 Å². The van der Waals surface area contributed by atoms with Crippen LogP contribution >= 0.6 is 23.1 Å². The molecule has 1 aromatic rings. The van der Waals surface area contributed by atoms with Gasteiger partial charge in [0.15, 0.2) is 0 Å². The quantitative estimate of drug-likeness (QED) is 0.221. The molecule has 3 rings (SSSR count). The second-order valence-corrected chi connectivity index (χ2v) is 7.83. The number of carbonyl (C=O) groups is 3. The van der Waals surface area contributed by atoms with E-state index >= 15 is 0 Å². The van der Waals surface area contributed by atoms with E-state index in [0.29, 0.717) is 21.6 Å². The molecule has 0 spiro atoms. The Bertz CT molecular complexity index is 911. The fraction of sp³-hybridized carbons (Fsp3) is 0.375. The third-order valence-electron chi connectivity index (χ3n) is 4.06. The Morgan fingerprint density at radius 2 is 2.34 bits per heavy atom. The Hall–Kier alpha value is -2.77. The molecule has 0 saturated carbocycles. The van der Waals surface area contributed by atoms with Crippen LogP contribution in [0.3, 0.4) is 0 Å². The lowest BCUT2D eigenvalue weighted by atomic mass is 10.2. The van der Waals surface area contributed by atoms with E-state index in [-0.39, 0.29) is 12.2 Å². The molecule has 2 aliphatic rings. The van der Waals surface area contributed by atoms with Crippen LogP contribution in [0.2, 0.25) is 0 Å². The number of thioether (sulfide) groups is 1. The summed E-state index contributed by atoms with van der Waals surface area (Å²) in [6.07, 6.45) is 2.35. The van der Waals surface area contributed by atoms with E-state index in [0.717, 1.165) is 22.5 Å². The summed E-state index contributed by atoms with van der Waals surface area (Å²) in [5.41, 5.74) is 0.0976. The summed E-state index contributed by atoms with van der Waals surface area (Å²) >= 11 is 2.34. The number of ether oxygens (including phenoxy) is 1. The summed E-state index contributed by atoms with van der Waals surface area (Å²) in [5.74, 6) is -0.776. The van der Waals surface area contributed by atoms with Crippen molar-refractivity contribution in [3.8, 4) is 0 Å². The lowest BCUT2D eigenvalue weighted by Crippen LogP contribution is -2.42. The minimum absolute atomic E-state index is 0.0592. The largest absolute Gasteiger partial charge is 0.499 e. The van der Waals surface area contributed by atoms with Crippen LogP contribution in [0.5, 0.6) is 0 Å². The van der Waals surface area contributed by atoms with Gasteiger partial charge in [-0.25, -0.2) is 4.98 Å². The van der Waals surface area contributed by atoms with E-state index in [4.69, 9.17) is 9.94 Å². The number of aromatic nitrogens is 1. The number of carbonyl (C=O) groups excluding carboxylic acids is 3. The first-order valence-corrected chi connectivity index (χ1v) is 10.2. The third-order valence-corrected chi connectivity index (χ3v) is 6.01. The summed E-state index contributed by atoms with van der Waals surface area (Å²) in [4.78, 5) is 46.2. The molecule has 2 aliphatic heterocycles. The summed E-state index contributed by atoms with van der Waals surface area (Å²) in [6, 6.07) is -1.61. The van der Waals surface area contributed by atoms with E-state index in [1.807, 2.05) is 0 Å². The molecule has 0 fully saturated rings. The summed E-state index contributed by atoms with van der Waals surface area (Å²) < 4.78 is 5.00. The summed E-state index contributed by atoms with van der Waals surface area (Å²) in [5, 5.41) is 25.8. The number of amides is 3. The predicted octanol–water partition coefficient (Wildman–Crippen LogP) is -0.545. The Balaban J connectivity index is 1.65. The zero-order chi connectivity index (χ0) is 21.0. The third kappa shape index (κ3) is 4.63. The van der Waals surface area contributed by atoms with Crippen LogP contribution in [-0.2, 0) is 14.3 Å². The van der Waals surface area contributed by atoms with E-state index in [1.54, 1.807) is 0 Å². The number of imide groups is 1. The molecule has 3 heterocycles. The zero-order valence-corrected chi connectivity index (χ0v) is 16.8. The van der Waals surface area contributed by atoms with Gasteiger partial charge in [-0.15, -0.1) is 23.1 Å². The van der Waals surface area contributed by atoms with Gasteiger partial charge in [0.1, 0.15) is 34.8 Å². The Kier molecular flexibility index (Phi) is 6.61. The van der Waals surface area contributed by atoms with Crippen LogP contribution in [0, 0.1) is 0 Å². The first kappa shape index (κ1) is 21.0. The number of hydrogen-bond acceptors (Lipinski definition) is 11. The van der Waals surface area contributed by atoms with E-state index in [1.165, 1.54) is 30.3 Å². The molecular weight excluding hydrogens is 422 g/mol. The highest BCUT2D eigenvalue weighted by molar-refractivity contribution is 8.14. The molecule has 0 aliphatic carbocycles. The second-order valence-electron chi connectivity index (χ2n) is 5.90. The highest BCUT2D eigenvalue weighted by Crippen LogP contribution is 2.24. The lowest BCUT2D eigenvalue weighted by molar-refractivity contribution is -0.141. The molecule has 0 saturated heterocycles. The number of aliphatic hydroxyl groups is 1. The zero-order valence-electron chi connectivity index (χ0n) is 15.1. The molecule has 3 N–H and O–H groups in total. The minimum atomic E-state index is -0.816. The Morgan fingerprint density at radius 1 is 1.55 bits per heavy atom. The highest BCUT2D eigenvalue weighted by atomic mass is 32.2. The topological polar surface area (TPSA) is 154 Å². The number of methoxy groups -OCH3 is 1. The van der Waals surface area contributed by atoms with Crippen molar-refractivity contribution < 1.29 is 29.4 Å². The predicted molar refractivity (Wildman–Crippen MR) is 105 cm³/mol. The van der Waals surface area contributed by atoms with Gasteiger partial charge in [0.2, 0.25) is 0 Å². The normalized spacial score (nSPS) is 20.0. The van der Waals surface area contributed by atoms with Crippen molar-refractivity contribution in [1.82, 2.24) is 15.2 Å². The Labute approximate surface area is 173 Å². The second kappa shape index (κ2) is 9.15. The van der Waals surface area contributed by atoms with Crippen molar-refractivity contribution >= 4 is 52.1 Å². The van der Waals surface area contributed by atoms with Crippen molar-refractivity contribution in [1.29, 1.82) is 0 Å². The van der Waals surface area contributed by atoms with Crippen LogP contribution in [-0.4, -0.2) is 87.3 Å². The molecule has 1 aromatic heterocycles. The van der Waals surface area contributed by atoms with Crippen molar-refractivity contribution in [2.24, 2.45) is 10.1 Å². The molecule has 0 aromatic carbocycles. The Morgan fingerprint density at radius 3 is 3.00 bits per heavy atom. The van der Waals surface area contributed by atoms with Crippen molar-refractivity contribution in [3.05, 3.63) is 27.9 Å². The molecule has 3 amide bonds. The fourth-order valence-electron chi connectivity index (χ4n) is 2.61. The average molecular weight is 439 g/mol. The standard InChI is InChI=1S/C16H17N5O6S2/c1-27-8-2-13(23)21(4-8)16(25)11-7-29-15(20-11)9(5-22)19-14(24)10-6-28-12(18-10)3-17-26/h2-3,6,9,11,22,26H,4-5,7H2,1H3,(H,19,24)/b17-3-/t9-,11+/m1/s1.